The Hall–Kier alpha value is -3.87. The number of rotatable bonds is 8. The van der Waals surface area contributed by atoms with Gasteiger partial charge >= 0.3 is 10.1 Å². The molecular formula is C24H17ClN2O8S2. The first-order chi connectivity index (χ1) is 17.6. The Morgan fingerprint density at radius 2 is 1.81 bits per heavy atom. The van der Waals surface area contributed by atoms with Crippen LogP contribution in [0.3, 0.4) is 0 Å². The number of thioether (sulfide) groups is 1. The van der Waals surface area contributed by atoms with Crippen molar-refractivity contribution in [3.63, 3.8) is 0 Å². The zero-order valence-corrected chi connectivity index (χ0v) is 21.4. The quantitative estimate of drug-likeness (QED) is 0.156. The number of benzene rings is 3. The molecule has 10 nitrogen and oxygen atoms in total. The summed E-state index contributed by atoms with van der Waals surface area (Å²) in [5, 5.41) is 11.3. The topological polar surface area (TPSA) is 133 Å². The van der Waals surface area contributed by atoms with Gasteiger partial charge < -0.3 is 8.92 Å². The predicted octanol–water partition coefficient (Wildman–Crippen LogP) is 5.26. The molecule has 190 valence electrons. The second-order valence-corrected chi connectivity index (χ2v) is 10.5. The van der Waals surface area contributed by atoms with Crippen molar-refractivity contribution < 1.29 is 31.9 Å². The third-order valence-electron chi connectivity index (χ3n) is 5.12. The van der Waals surface area contributed by atoms with Crippen molar-refractivity contribution in [2.75, 3.05) is 7.11 Å². The van der Waals surface area contributed by atoms with E-state index in [1.54, 1.807) is 24.3 Å². The molecule has 0 saturated carbocycles. The van der Waals surface area contributed by atoms with Gasteiger partial charge in [0.15, 0.2) is 16.4 Å². The molecule has 3 aromatic carbocycles. The summed E-state index contributed by atoms with van der Waals surface area (Å²) in [5.74, 6) is -0.714. The van der Waals surface area contributed by atoms with Gasteiger partial charge in [0.25, 0.3) is 16.8 Å². The molecule has 1 saturated heterocycles. The van der Waals surface area contributed by atoms with Crippen molar-refractivity contribution in [2.24, 2.45) is 0 Å². The first kappa shape index (κ1) is 26.2. The highest BCUT2D eigenvalue weighted by Crippen LogP contribution is 2.36. The number of amides is 2. The van der Waals surface area contributed by atoms with Crippen LogP contribution in [-0.4, -0.2) is 36.5 Å². The van der Waals surface area contributed by atoms with E-state index in [1.165, 1.54) is 43.5 Å². The normalized spacial score (nSPS) is 14.8. The SMILES string of the molecule is COc1cc(/C=C2\SC(=O)N(Cc3cccc(Cl)c3)C2=O)ccc1OS(=O)(=O)c1ccccc1[N+](=O)[O-]. The first-order valence-electron chi connectivity index (χ1n) is 10.4. The smallest absolute Gasteiger partial charge is 0.346 e. The summed E-state index contributed by atoms with van der Waals surface area (Å²) in [6.07, 6.45) is 1.46. The number of carbonyl (C=O) groups excluding carboxylic acids is 2. The number of carbonyl (C=O) groups is 2. The second kappa shape index (κ2) is 10.6. The van der Waals surface area contributed by atoms with Crippen LogP contribution in [0.25, 0.3) is 6.08 Å². The molecule has 2 amide bonds. The highest BCUT2D eigenvalue weighted by molar-refractivity contribution is 8.18. The van der Waals surface area contributed by atoms with Crippen molar-refractivity contribution in [3.05, 3.63) is 97.9 Å². The number of hydrogen-bond acceptors (Lipinski definition) is 9. The van der Waals surface area contributed by atoms with Crippen LogP contribution in [0.15, 0.2) is 76.5 Å². The molecule has 4 rings (SSSR count). The van der Waals surface area contributed by atoms with Gasteiger partial charge in [-0.3, -0.25) is 24.6 Å². The first-order valence-corrected chi connectivity index (χ1v) is 13.0. The zero-order chi connectivity index (χ0) is 26.7. The standard InChI is InChI=1S/C24H17ClN2O8S2/c1-34-20-12-15(9-10-19(20)35-37(32,33)22-8-3-2-7-18(22)27(30)31)13-21-23(28)26(24(29)36-21)14-16-5-4-6-17(25)11-16/h2-13H,14H2,1H3/b21-13-. The third-order valence-corrected chi connectivity index (χ3v) is 7.54. The van der Waals surface area contributed by atoms with Crippen LogP contribution in [0.2, 0.25) is 5.02 Å². The number of nitro benzene ring substituents is 1. The Morgan fingerprint density at radius 1 is 1.05 bits per heavy atom. The number of imide groups is 1. The minimum absolute atomic E-state index is 0.00550. The van der Waals surface area contributed by atoms with Crippen LogP contribution < -0.4 is 8.92 Å². The molecule has 0 atom stereocenters. The highest BCUT2D eigenvalue weighted by Gasteiger charge is 2.35. The van der Waals surface area contributed by atoms with Crippen molar-refractivity contribution in [1.29, 1.82) is 0 Å². The van der Waals surface area contributed by atoms with E-state index in [-0.39, 0.29) is 22.9 Å². The lowest BCUT2D eigenvalue weighted by atomic mass is 10.1. The Bertz CT molecular complexity index is 1560. The molecule has 0 N–H and O–H groups in total. The number of ether oxygens (including phenoxy) is 1. The van der Waals surface area contributed by atoms with Crippen LogP contribution in [0.5, 0.6) is 11.5 Å². The molecule has 0 radical (unpaired) electrons. The van der Waals surface area contributed by atoms with E-state index < -0.39 is 36.8 Å². The lowest BCUT2D eigenvalue weighted by molar-refractivity contribution is -0.387. The van der Waals surface area contributed by atoms with Crippen molar-refractivity contribution in [2.45, 2.75) is 11.4 Å². The van der Waals surface area contributed by atoms with E-state index in [0.717, 1.165) is 28.8 Å². The van der Waals surface area contributed by atoms with Gasteiger partial charge in [0.05, 0.1) is 23.5 Å². The molecule has 1 fully saturated rings. The van der Waals surface area contributed by atoms with Crippen LogP contribution in [0, 0.1) is 10.1 Å². The number of nitro groups is 1. The average molecular weight is 561 g/mol. The summed E-state index contributed by atoms with van der Waals surface area (Å²) < 4.78 is 35.9. The monoisotopic (exact) mass is 560 g/mol. The average Bonchev–Trinajstić information content (AvgIpc) is 3.12. The van der Waals surface area contributed by atoms with Crippen molar-refractivity contribution in [3.8, 4) is 11.5 Å². The number of para-hydroxylation sites is 1. The lowest BCUT2D eigenvalue weighted by Crippen LogP contribution is -2.27. The molecule has 1 aliphatic heterocycles. The third kappa shape index (κ3) is 5.77. The van der Waals surface area contributed by atoms with Gasteiger partial charge in [-0.2, -0.15) is 8.42 Å². The van der Waals surface area contributed by atoms with E-state index in [1.807, 2.05) is 0 Å². The summed E-state index contributed by atoms with van der Waals surface area (Å²) >= 11 is 6.75. The fraction of sp³-hybridized carbons (Fsp3) is 0.0833. The molecule has 13 heteroatoms. The minimum Gasteiger partial charge on any atom is -0.493 e. The zero-order valence-electron chi connectivity index (χ0n) is 19.0. The number of methoxy groups -OCH3 is 1. The summed E-state index contributed by atoms with van der Waals surface area (Å²) in [5.41, 5.74) is 0.492. The summed E-state index contributed by atoms with van der Waals surface area (Å²) in [6.45, 7) is 0.0577. The molecule has 3 aromatic rings. The van der Waals surface area contributed by atoms with Crippen molar-refractivity contribution in [1.82, 2.24) is 4.90 Å². The Balaban J connectivity index is 1.58. The highest BCUT2D eigenvalue weighted by atomic mass is 35.5. The Labute approximate surface area is 220 Å². The van der Waals surface area contributed by atoms with E-state index in [4.69, 9.17) is 20.5 Å². The van der Waals surface area contributed by atoms with Crippen LogP contribution in [0.4, 0.5) is 10.5 Å². The van der Waals surface area contributed by atoms with Gasteiger partial charge in [-0.1, -0.05) is 41.9 Å². The van der Waals surface area contributed by atoms with Gasteiger partial charge in [-0.25, -0.2) is 0 Å². The van der Waals surface area contributed by atoms with E-state index >= 15 is 0 Å². The molecule has 0 aliphatic carbocycles. The molecule has 1 heterocycles. The molecule has 0 aromatic heterocycles. The fourth-order valence-corrected chi connectivity index (χ4v) is 5.59. The molecular weight excluding hydrogens is 544 g/mol. The maximum Gasteiger partial charge on any atom is 0.346 e. The Kier molecular flexibility index (Phi) is 7.52. The number of nitrogens with zero attached hydrogens (tertiary/aromatic N) is 2. The van der Waals surface area contributed by atoms with Gasteiger partial charge in [0.1, 0.15) is 0 Å². The summed E-state index contributed by atoms with van der Waals surface area (Å²) in [7, 11) is -3.29. The largest absolute Gasteiger partial charge is 0.493 e. The summed E-state index contributed by atoms with van der Waals surface area (Å²) in [4.78, 5) is 36.4. The van der Waals surface area contributed by atoms with Crippen LogP contribution in [0.1, 0.15) is 11.1 Å². The van der Waals surface area contributed by atoms with Gasteiger partial charge in [0.2, 0.25) is 0 Å². The minimum atomic E-state index is -4.57. The van der Waals surface area contributed by atoms with Crippen LogP contribution >= 0.6 is 23.4 Å². The molecule has 0 spiro atoms. The fourth-order valence-electron chi connectivity index (χ4n) is 3.43. The van der Waals surface area contributed by atoms with Gasteiger partial charge in [-0.05, 0) is 59.3 Å². The number of hydrogen-bond donors (Lipinski definition) is 0. The van der Waals surface area contributed by atoms with E-state index in [0.29, 0.717) is 16.1 Å². The second-order valence-electron chi connectivity index (χ2n) is 7.57. The maximum atomic E-state index is 12.9. The number of halogens is 1. The van der Waals surface area contributed by atoms with E-state index in [9.17, 15) is 28.1 Å². The molecule has 1 aliphatic rings. The predicted molar refractivity (Wildman–Crippen MR) is 137 cm³/mol. The molecule has 0 bridgehead atoms. The Morgan fingerprint density at radius 3 is 2.51 bits per heavy atom. The van der Waals surface area contributed by atoms with Gasteiger partial charge in [0, 0.05) is 11.1 Å². The van der Waals surface area contributed by atoms with Crippen molar-refractivity contribution >= 4 is 56.4 Å². The van der Waals surface area contributed by atoms with Crippen LogP contribution in [-0.2, 0) is 21.5 Å². The molecule has 37 heavy (non-hydrogen) atoms. The van der Waals surface area contributed by atoms with E-state index in [2.05, 4.69) is 0 Å². The summed E-state index contributed by atoms with van der Waals surface area (Å²) in [6, 6.07) is 15.8. The maximum absolute atomic E-state index is 12.9. The molecule has 0 unspecified atom stereocenters. The van der Waals surface area contributed by atoms with Gasteiger partial charge in [-0.15, -0.1) is 0 Å². The lowest BCUT2D eigenvalue weighted by Gasteiger charge is -2.12.